The van der Waals surface area contributed by atoms with Gasteiger partial charge in [-0.25, -0.2) is 8.78 Å². The number of likely N-dealkylation sites (tertiary alicyclic amines) is 1. The van der Waals surface area contributed by atoms with Crippen molar-refractivity contribution >= 4 is 5.91 Å². The molecule has 2 heterocycles. The number of hydrogen-bond acceptors (Lipinski definition) is 4. The Bertz CT molecular complexity index is 804. The van der Waals surface area contributed by atoms with E-state index in [0.717, 1.165) is 37.6 Å². The van der Waals surface area contributed by atoms with Crippen molar-refractivity contribution in [1.29, 1.82) is 0 Å². The fraction of sp³-hybridized carbons (Fsp3) is 0.526. The maximum atomic E-state index is 13.8. The van der Waals surface area contributed by atoms with Gasteiger partial charge in [0.2, 0.25) is 11.8 Å². The molecule has 138 valence electrons. The van der Waals surface area contributed by atoms with Gasteiger partial charge in [0.15, 0.2) is 5.82 Å². The van der Waals surface area contributed by atoms with Crippen molar-refractivity contribution < 1.29 is 18.1 Å². The minimum Gasteiger partial charge on any atom is -0.342 e. The molecule has 1 aromatic carbocycles. The zero-order chi connectivity index (χ0) is 18.1. The molecule has 1 unspecified atom stereocenters. The van der Waals surface area contributed by atoms with Crippen molar-refractivity contribution in [2.24, 2.45) is 5.92 Å². The number of amides is 1. The summed E-state index contributed by atoms with van der Waals surface area (Å²) in [5.74, 6) is 0.712. The number of piperidine rings is 1. The van der Waals surface area contributed by atoms with Gasteiger partial charge < -0.3 is 9.42 Å². The third-order valence-corrected chi connectivity index (χ3v) is 5.12. The number of nitrogens with zero attached hydrogens (tertiary/aromatic N) is 3. The first-order chi connectivity index (χ1) is 12.6. The number of hydrogen-bond donors (Lipinski definition) is 0. The van der Waals surface area contributed by atoms with Gasteiger partial charge in [0.1, 0.15) is 11.6 Å². The molecule has 1 aliphatic heterocycles. The summed E-state index contributed by atoms with van der Waals surface area (Å²) in [6, 6.07) is 3.33. The zero-order valence-electron chi connectivity index (χ0n) is 14.5. The van der Waals surface area contributed by atoms with Crippen LogP contribution in [0.1, 0.15) is 48.9 Å². The molecule has 2 aliphatic rings. The van der Waals surface area contributed by atoms with Gasteiger partial charge in [-0.05, 0) is 43.2 Å². The molecule has 0 N–H and O–H groups in total. The van der Waals surface area contributed by atoms with Gasteiger partial charge in [0, 0.05) is 31.5 Å². The third kappa shape index (κ3) is 3.92. The molecule has 0 spiro atoms. The molecule has 0 radical (unpaired) electrons. The van der Waals surface area contributed by atoms with Crippen LogP contribution in [0, 0.1) is 17.6 Å². The van der Waals surface area contributed by atoms with E-state index >= 15 is 0 Å². The molecule has 7 heteroatoms. The Hall–Kier alpha value is -2.31. The second-order valence-corrected chi connectivity index (χ2v) is 7.29. The van der Waals surface area contributed by atoms with Crippen LogP contribution in [-0.4, -0.2) is 34.0 Å². The molecule has 1 aliphatic carbocycles. The molecule has 5 nitrogen and oxygen atoms in total. The van der Waals surface area contributed by atoms with Gasteiger partial charge in [0.05, 0.1) is 6.42 Å². The number of carbonyl (C=O) groups excluding carboxylic acids is 1. The molecule has 1 saturated heterocycles. The Morgan fingerprint density at radius 2 is 2.12 bits per heavy atom. The molecule has 1 saturated carbocycles. The van der Waals surface area contributed by atoms with Crippen LogP contribution in [0.15, 0.2) is 22.7 Å². The Kier molecular flexibility index (Phi) is 4.70. The first kappa shape index (κ1) is 17.1. The van der Waals surface area contributed by atoms with Crippen molar-refractivity contribution in [2.45, 2.75) is 44.4 Å². The van der Waals surface area contributed by atoms with Crippen molar-refractivity contribution in [3.8, 4) is 0 Å². The summed E-state index contributed by atoms with van der Waals surface area (Å²) in [6.07, 6.45) is 4.76. The third-order valence-electron chi connectivity index (χ3n) is 5.12. The molecule has 4 rings (SSSR count). The smallest absolute Gasteiger partial charge is 0.227 e. The fourth-order valence-electron chi connectivity index (χ4n) is 3.50. The summed E-state index contributed by atoms with van der Waals surface area (Å²) in [5.41, 5.74) is 0.226. The Labute approximate surface area is 150 Å². The number of halogens is 2. The predicted molar refractivity (Wildman–Crippen MR) is 89.3 cm³/mol. The van der Waals surface area contributed by atoms with E-state index < -0.39 is 11.6 Å². The predicted octanol–water partition coefficient (Wildman–Crippen LogP) is 3.25. The average molecular weight is 361 g/mol. The molecule has 2 aromatic rings. The van der Waals surface area contributed by atoms with Crippen LogP contribution in [0.25, 0.3) is 0 Å². The van der Waals surface area contributed by atoms with Crippen LogP contribution in [0.5, 0.6) is 0 Å². The van der Waals surface area contributed by atoms with Crippen LogP contribution in [0.3, 0.4) is 0 Å². The highest BCUT2D eigenvalue weighted by Gasteiger charge is 2.30. The topological polar surface area (TPSA) is 59.2 Å². The van der Waals surface area contributed by atoms with Crippen molar-refractivity contribution in [1.82, 2.24) is 15.0 Å². The monoisotopic (exact) mass is 361 g/mol. The fourth-order valence-corrected chi connectivity index (χ4v) is 3.50. The highest BCUT2D eigenvalue weighted by atomic mass is 19.1. The van der Waals surface area contributed by atoms with Crippen LogP contribution in [0.2, 0.25) is 0 Å². The maximum absolute atomic E-state index is 13.8. The molecular formula is C19H21F2N3O2. The SMILES string of the molecule is O=C(Cc1ccc(F)cc1F)N1CCCC(Cc2nc(C3CC3)no2)C1. The summed E-state index contributed by atoms with van der Waals surface area (Å²) in [5, 5.41) is 4.03. The molecule has 0 bridgehead atoms. The van der Waals surface area contributed by atoms with E-state index in [-0.39, 0.29) is 23.8 Å². The molecular weight excluding hydrogens is 340 g/mol. The first-order valence-corrected chi connectivity index (χ1v) is 9.12. The van der Waals surface area contributed by atoms with E-state index in [1.165, 1.54) is 12.1 Å². The van der Waals surface area contributed by atoms with Gasteiger partial charge in [0.25, 0.3) is 0 Å². The molecule has 1 amide bonds. The number of aromatic nitrogens is 2. The lowest BCUT2D eigenvalue weighted by molar-refractivity contribution is -0.132. The Balaban J connectivity index is 1.35. The lowest BCUT2D eigenvalue weighted by Gasteiger charge is -2.32. The number of rotatable bonds is 5. The van der Waals surface area contributed by atoms with E-state index in [4.69, 9.17) is 4.52 Å². The van der Waals surface area contributed by atoms with E-state index in [1.54, 1.807) is 4.90 Å². The Morgan fingerprint density at radius 3 is 2.88 bits per heavy atom. The Morgan fingerprint density at radius 1 is 1.27 bits per heavy atom. The van der Waals surface area contributed by atoms with Crippen LogP contribution < -0.4 is 0 Å². The number of carbonyl (C=O) groups is 1. The van der Waals surface area contributed by atoms with E-state index in [2.05, 4.69) is 10.1 Å². The highest BCUT2D eigenvalue weighted by Crippen LogP contribution is 2.38. The summed E-state index contributed by atoms with van der Waals surface area (Å²) in [7, 11) is 0. The lowest BCUT2D eigenvalue weighted by atomic mass is 9.94. The van der Waals surface area contributed by atoms with Crippen LogP contribution in [0.4, 0.5) is 8.78 Å². The van der Waals surface area contributed by atoms with Crippen molar-refractivity contribution in [3.05, 3.63) is 47.1 Å². The molecule has 1 atom stereocenters. The zero-order valence-corrected chi connectivity index (χ0v) is 14.5. The lowest BCUT2D eigenvalue weighted by Crippen LogP contribution is -2.41. The van der Waals surface area contributed by atoms with Gasteiger partial charge in [-0.1, -0.05) is 11.2 Å². The van der Waals surface area contributed by atoms with Gasteiger partial charge in [-0.15, -0.1) is 0 Å². The maximum Gasteiger partial charge on any atom is 0.227 e. The van der Waals surface area contributed by atoms with Gasteiger partial charge in [-0.2, -0.15) is 4.98 Å². The van der Waals surface area contributed by atoms with Gasteiger partial charge in [-0.3, -0.25) is 4.79 Å². The van der Waals surface area contributed by atoms with E-state index in [0.29, 0.717) is 31.3 Å². The van der Waals surface area contributed by atoms with Crippen molar-refractivity contribution in [3.63, 3.8) is 0 Å². The van der Waals surface area contributed by atoms with Crippen LogP contribution >= 0.6 is 0 Å². The van der Waals surface area contributed by atoms with E-state index in [1.807, 2.05) is 0 Å². The summed E-state index contributed by atoms with van der Waals surface area (Å²) in [6.45, 7) is 1.26. The van der Waals surface area contributed by atoms with Crippen LogP contribution in [-0.2, 0) is 17.6 Å². The standard InChI is InChI=1S/C19H21F2N3O2/c20-15-6-5-14(16(21)10-15)9-18(25)24-7-1-2-12(11-24)8-17-22-19(23-26-17)13-3-4-13/h5-6,10,12-13H,1-4,7-9,11H2. The normalized spacial score (nSPS) is 20.4. The van der Waals surface area contributed by atoms with Gasteiger partial charge >= 0.3 is 0 Å². The summed E-state index contributed by atoms with van der Waals surface area (Å²) >= 11 is 0. The number of benzene rings is 1. The highest BCUT2D eigenvalue weighted by molar-refractivity contribution is 5.79. The van der Waals surface area contributed by atoms with Crippen molar-refractivity contribution in [2.75, 3.05) is 13.1 Å². The second kappa shape index (κ2) is 7.13. The largest absolute Gasteiger partial charge is 0.342 e. The summed E-state index contributed by atoms with van der Waals surface area (Å²) < 4.78 is 32.1. The second-order valence-electron chi connectivity index (χ2n) is 7.29. The molecule has 26 heavy (non-hydrogen) atoms. The minimum absolute atomic E-state index is 0.0504. The molecule has 2 fully saturated rings. The van der Waals surface area contributed by atoms with E-state index in [9.17, 15) is 13.6 Å². The average Bonchev–Trinajstić information content (AvgIpc) is 3.37. The minimum atomic E-state index is -0.676. The quantitative estimate of drug-likeness (QED) is 0.820. The molecule has 1 aromatic heterocycles. The first-order valence-electron chi connectivity index (χ1n) is 9.12. The summed E-state index contributed by atoms with van der Waals surface area (Å²) in [4.78, 5) is 18.7.